The number of anilines is 1. The Kier molecular flexibility index (Phi) is 5.05. The highest BCUT2D eigenvalue weighted by Crippen LogP contribution is 2.43. The van der Waals surface area contributed by atoms with Crippen molar-refractivity contribution in [3.63, 3.8) is 0 Å². The van der Waals surface area contributed by atoms with Gasteiger partial charge in [-0.1, -0.05) is 11.3 Å². The number of carbonyl (C=O) groups excluding carboxylic acids is 1. The summed E-state index contributed by atoms with van der Waals surface area (Å²) < 4.78 is 12.3. The van der Waals surface area contributed by atoms with Gasteiger partial charge in [0.25, 0.3) is 0 Å². The maximum Gasteiger partial charge on any atom is 0.410 e. The van der Waals surface area contributed by atoms with Crippen molar-refractivity contribution in [1.29, 1.82) is 0 Å². The van der Waals surface area contributed by atoms with Crippen molar-refractivity contribution in [2.24, 2.45) is 0 Å². The van der Waals surface area contributed by atoms with Gasteiger partial charge in [0.05, 0.1) is 23.9 Å². The zero-order valence-corrected chi connectivity index (χ0v) is 19.8. The highest BCUT2D eigenvalue weighted by atomic mass is 32.1. The molecule has 1 amide bonds. The molecule has 2 atom stereocenters. The molecule has 2 bridgehead atoms. The predicted octanol–water partition coefficient (Wildman–Crippen LogP) is 5.02. The van der Waals surface area contributed by atoms with Gasteiger partial charge in [0.1, 0.15) is 21.9 Å². The standard InChI is InChI=1S/C22H26N4O3S2/c1-22(2,3)29-21(27)26-13-5-6-14(26)12-25(11-13)20-24-17-16(28-4)8-7-15(18(17)31-20)19-23-9-10-30-19/h7-10,13-14H,5-6,11-12H2,1-4H3. The molecule has 0 N–H and O–H groups in total. The van der Waals surface area contributed by atoms with Crippen LogP contribution < -0.4 is 9.64 Å². The van der Waals surface area contributed by atoms with E-state index in [-0.39, 0.29) is 18.2 Å². The first-order chi connectivity index (χ1) is 14.8. The summed E-state index contributed by atoms with van der Waals surface area (Å²) in [6, 6.07) is 4.33. The third kappa shape index (κ3) is 3.74. The van der Waals surface area contributed by atoms with Crippen LogP contribution in [-0.2, 0) is 4.74 Å². The normalized spacial score (nSPS) is 21.0. The maximum absolute atomic E-state index is 12.8. The molecule has 4 heterocycles. The molecule has 5 rings (SSSR count). The molecule has 2 saturated heterocycles. The van der Waals surface area contributed by atoms with Crippen LogP contribution in [0.4, 0.5) is 9.93 Å². The monoisotopic (exact) mass is 458 g/mol. The number of methoxy groups -OCH3 is 1. The summed E-state index contributed by atoms with van der Waals surface area (Å²) in [6.45, 7) is 7.28. The lowest BCUT2D eigenvalue weighted by Gasteiger charge is -2.41. The summed E-state index contributed by atoms with van der Waals surface area (Å²) in [5.74, 6) is 0.771. The van der Waals surface area contributed by atoms with Gasteiger partial charge in [-0.25, -0.2) is 14.8 Å². The molecule has 2 unspecified atom stereocenters. The minimum atomic E-state index is -0.483. The van der Waals surface area contributed by atoms with Gasteiger partial charge in [-0.3, -0.25) is 4.90 Å². The Labute approximate surface area is 189 Å². The molecule has 2 aromatic heterocycles. The second kappa shape index (κ2) is 7.63. The van der Waals surface area contributed by atoms with Gasteiger partial charge in [0, 0.05) is 30.2 Å². The lowest BCUT2D eigenvalue weighted by Crippen LogP contribution is -2.56. The molecule has 2 aliphatic rings. The molecule has 164 valence electrons. The van der Waals surface area contributed by atoms with Crippen molar-refractivity contribution in [1.82, 2.24) is 14.9 Å². The number of hydrogen-bond donors (Lipinski definition) is 0. The Hall–Kier alpha value is -2.39. The van der Waals surface area contributed by atoms with E-state index in [1.54, 1.807) is 29.8 Å². The maximum atomic E-state index is 12.8. The average Bonchev–Trinajstić information content (AvgIpc) is 3.44. The molecule has 7 nitrogen and oxygen atoms in total. The summed E-state index contributed by atoms with van der Waals surface area (Å²) in [6.07, 6.45) is 3.63. The van der Waals surface area contributed by atoms with Gasteiger partial charge in [-0.2, -0.15) is 0 Å². The van der Waals surface area contributed by atoms with Crippen molar-refractivity contribution in [2.75, 3.05) is 25.1 Å². The molecule has 0 radical (unpaired) electrons. The van der Waals surface area contributed by atoms with E-state index >= 15 is 0 Å². The van der Waals surface area contributed by atoms with E-state index in [9.17, 15) is 4.79 Å². The van der Waals surface area contributed by atoms with Crippen LogP contribution in [0.1, 0.15) is 33.6 Å². The van der Waals surface area contributed by atoms with E-state index in [2.05, 4.69) is 16.0 Å². The highest BCUT2D eigenvalue weighted by molar-refractivity contribution is 7.23. The SMILES string of the molecule is COc1ccc(-c2nccs2)c2sc(N3CC4CCC(C3)N4C(=O)OC(C)(C)C)nc12. The second-order valence-electron chi connectivity index (χ2n) is 9.00. The lowest BCUT2D eigenvalue weighted by molar-refractivity contribution is 0.0123. The van der Waals surface area contributed by atoms with Crippen LogP contribution >= 0.6 is 22.7 Å². The molecule has 31 heavy (non-hydrogen) atoms. The number of ether oxygens (including phenoxy) is 2. The largest absolute Gasteiger partial charge is 0.494 e. The van der Waals surface area contributed by atoms with Crippen LogP contribution in [0, 0.1) is 0 Å². The molecule has 2 fully saturated rings. The summed E-state index contributed by atoms with van der Waals surface area (Å²) >= 11 is 3.30. The third-order valence-corrected chi connectivity index (χ3v) is 7.69. The Bertz CT molecular complexity index is 1090. The van der Waals surface area contributed by atoms with Crippen LogP contribution in [0.2, 0.25) is 0 Å². The second-order valence-corrected chi connectivity index (χ2v) is 10.9. The van der Waals surface area contributed by atoms with E-state index in [1.165, 1.54) is 0 Å². The minimum absolute atomic E-state index is 0.154. The van der Waals surface area contributed by atoms with Crippen LogP contribution in [-0.4, -0.2) is 58.8 Å². The summed E-state index contributed by atoms with van der Waals surface area (Å²) in [4.78, 5) is 26.5. The lowest BCUT2D eigenvalue weighted by atomic mass is 10.2. The molecule has 2 aliphatic heterocycles. The van der Waals surface area contributed by atoms with Crippen molar-refractivity contribution >= 4 is 44.1 Å². The Balaban J connectivity index is 1.45. The fraction of sp³-hybridized carbons (Fsp3) is 0.500. The number of piperazine rings is 1. The van der Waals surface area contributed by atoms with Crippen LogP contribution in [0.15, 0.2) is 23.7 Å². The number of thiazole rings is 2. The van der Waals surface area contributed by atoms with E-state index in [1.807, 2.05) is 43.3 Å². The summed E-state index contributed by atoms with van der Waals surface area (Å²) in [5.41, 5.74) is 1.48. The fourth-order valence-corrected chi connectivity index (χ4v) is 6.32. The van der Waals surface area contributed by atoms with E-state index in [0.29, 0.717) is 0 Å². The number of hydrogen-bond acceptors (Lipinski definition) is 8. The van der Waals surface area contributed by atoms with Crippen molar-refractivity contribution < 1.29 is 14.3 Å². The van der Waals surface area contributed by atoms with Gasteiger partial charge < -0.3 is 14.4 Å². The predicted molar refractivity (Wildman–Crippen MR) is 124 cm³/mol. The fourth-order valence-electron chi connectivity index (χ4n) is 4.47. The van der Waals surface area contributed by atoms with Gasteiger partial charge in [0.2, 0.25) is 0 Å². The number of nitrogens with zero attached hydrogens (tertiary/aromatic N) is 4. The molecular weight excluding hydrogens is 432 g/mol. The molecule has 1 aromatic carbocycles. The van der Waals surface area contributed by atoms with Crippen LogP contribution in [0.3, 0.4) is 0 Å². The molecule has 3 aromatic rings. The zero-order chi connectivity index (χ0) is 21.8. The average molecular weight is 459 g/mol. The smallest absolute Gasteiger partial charge is 0.410 e. The molecule has 0 aliphatic carbocycles. The van der Waals surface area contributed by atoms with Gasteiger partial charge in [-0.15, -0.1) is 11.3 Å². The van der Waals surface area contributed by atoms with Crippen LogP contribution in [0.5, 0.6) is 5.75 Å². The number of amides is 1. The first-order valence-electron chi connectivity index (χ1n) is 10.5. The van der Waals surface area contributed by atoms with E-state index in [0.717, 1.165) is 57.6 Å². The third-order valence-electron chi connectivity index (χ3n) is 5.73. The highest BCUT2D eigenvalue weighted by Gasteiger charge is 2.45. The van der Waals surface area contributed by atoms with Gasteiger partial charge in [0.15, 0.2) is 5.13 Å². The number of rotatable bonds is 3. The topological polar surface area (TPSA) is 67.8 Å². The number of carbonyl (C=O) groups is 1. The first-order valence-corrected chi connectivity index (χ1v) is 12.2. The van der Waals surface area contributed by atoms with Crippen molar-refractivity contribution in [3.8, 4) is 16.3 Å². The zero-order valence-electron chi connectivity index (χ0n) is 18.1. The molecule has 9 heteroatoms. The summed E-state index contributed by atoms with van der Waals surface area (Å²) in [5, 5.41) is 3.94. The summed E-state index contributed by atoms with van der Waals surface area (Å²) in [7, 11) is 1.68. The quantitative estimate of drug-likeness (QED) is 0.549. The van der Waals surface area contributed by atoms with Crippen LogP contribution in [0.25, 0.3) is 20.8 Å². The Morgan fingerprint density at radius 1 is 1.19 bits per heavy atom. The van der Waals surface area contributed by atoms with E-state index < -0.39 is 5.60 Å². The molecule has 0 saturated carbocycles. The molecular formula is C22H26N4O3S2. The first kappa shape index (κ1) is 20.5. The number of aromatic nitrogens is 2. The van der Waals surface area contributed by atoms with E-state index in [4.69, 9.17) is 14.5 Å². The van der Waals surface area contributed by atoms with Crippen molar-refractivity contribution in [3.05, 3.63) is 23.7 Å². The minimum Gasteiger partial charge on any atom is -0.494 e. The Morgan fingerprint density at radius 2 is 1.94 bits per heavy atom. The molecule has 0 spiro atoms. The number of fused-ring (bicyclic) bond motifs is 3. The van der Waals surface area contributed by atoms with Gasteiger partial charge in [-0.05, 0) is 45.7 Å². The Morgan fingerprint density at radius 3 is 2.55 bits per heavy atom. The van der Waals surface area contributed by atoms with Gasteiger partial charge >= 0.3 is 6.09 Å². The number of benzene rings is 1. The van der Waals surface area contributed by atoms with Crippen molar-refractivity contribution in [2.45, 2.75) is 51.3 Å².